The number of H-pyrrole nitrogens is 1. The highest BCUT2D eigenvalue weighted by molar-refractivity contribution is 7.90. The van der Waals surface area contributed by atoms with Crippen LogP contribution in [0.1, 0.15) is 18.5 Å². The molecule has 0 bridgehead atoms. The normalized spacial score (nSPS) is 19.0. The van der Waals surface area contributed by atoms with Gasteiger partial charge in [-0.2, -0.15) is 5.10 Å². The van der Waals surface area contributed by atoms with E-state index in [2.05, 4.69) is 20.1 Å². The number of nitrogens with one attached hydrogen (secondary N) is 1. The van der Waals surface area contributed by atoms with Gasteiger partial charge in [-0.1, -0.05) is 0 Å². The van der Waals surface area contributed by atoms with Gasteiger partial charge in [-0.25, -0.2) is 17.8 Å². The second-order valence-corrected chi connectivity index (χ2v) is 7.96. The average molecular weight is 338 g/mol. The molecule has 1 atom stereocenters. The van der Waals surface area contributed by atoms with Crippen molar-refractivity contribution in [2.24, 2.45) is 5.92 Å². The number of anilines is 1. The Bertz CT molecular complexity index is 773. The molecule has 1 N–H and O–H groups in total. The van der Waals surface area contributed by atoms with Gasteiger partial charge in [0.1, 0.15) is 16.5 Å². The molecule has 124 valence electrons. The Balaban J connectivity index is 1.72. The van der Waals surface area contributed by atoms with Crippen LogP contribution in [0.15, 0.2) is 29.4 Å². The van der Waals surface area contributed by atoms with Crippen LogP contribution in [0.25, 0.3) is 0 Å². The molecule has 3 heterocycles. The van der Waals surface area contributed by atoms with Gasteiger partial charge in [0.25, 0.3) is 0 Å². The lowest BCUT2D eigenvalue weighted by molar-refractivity contribution is 0.406. The lowest BCUT2D eigenvalue weighted by atomic mass is 9.93. The van der Waals surface area contributed by atoms with Crippen LogP contribution in [-0.4, -0.2) is 42.9 Å². The Kier molecular flexibility index (Phi) is 4.34. The number of rotatable bonds is 4. The zero-order valence-corrected chi connectivity index (χ0v) is 13.7. The Morgan fingerprint density at radius 3 is 2.91 bits per heavy atom. The zero-order valence-electron chi connectivity index (χ0n) is 12.9. The quantitative estimate of drug-likeness (QED) is 0.920. The van der Waals surface area contributed by atoms with Crippen LogP contribution in [0.3, 0.4) is 0 Å². The van der Waals surface area contributed by atoms with E-state index in [1.165, 1.54) is 24.7 Å². The van der Waals surface area contributed by atoms with Crippen molar-refractivity contribution < 1.29 is 12.8 Å². The summed E-state index contributed by atoms with van der Waals surface area (Å²) in [5.41, 5.74) is 0.659. The number of nitrogens with zero attached hydrogens (tertiary/aromatic N) is 3. The largest absolute Gasteiger partial charge is 0.356 e. The number of hydrogen-bond donors (Lipinski definition) is 1. The minimum absolute atomic E-state index is 0.273. The van der Waals surface area contributed by atoms with Crippen molar-refractivity contribution in [3.63, 3.8) is 0 Å². The van der Waals surface area contributed by atoms with Gasteiger partial charge in [0.05, 0.1) is 18.1 Å². The molecule has 0 radical (unpaired) electrons. The summed E-state index contributed by atoms with van der Waals surface area (Å²) < 4.78 is 36.5. The van der Waals surface area contributed by atoms with Gasteiger partial charge in [-0.3, -0.25) is 5.10 Å². The topological polar surface area (TPSA) is 79.0 Å². The van der Waals surface area contributed by atoms with Crippen LogP contribution in [0.5, 0.6) is 0 Å². The molecule has 2 aromatic rings. The first kappa shape index (κ1) is 15.9. The summed E-state index contributed by atoms with van der Waals surface area (Å²) in [6.45, 7) is 1.64. The molecule has 0 aromatic carbocycles. The third-order valence-corrected chi connectivity index (χ3v) is 5.28. The van der Waals surface area contributed by atoms with E-state index >= 15 is 0 Å². The zero-order chi connectivity index (χ0) is 16.4. The standard InChI is InChI=1S/C15H19FN4O2S/c1-23(21,22)14-9-18-19-13(14)7-11-3-2-6-20(10-11)15-5-4-12(16)8-17-15/h4-5,8-9,11H,2-3,6-7,10H2,1H3,(H,18,19)/t11-/m1/s1. The number of halogens is 1. The maximum Gasteiger partial charge on any atom is 0.178 e. The number of hydrogen-bond acceptors (Lipinski definition) is 5. The lowest BCUT2D eigenvalue weighted by Crippen LogP contribution is -2.36. The predicted octanol–water partition coefficient (Wildman–Crippen LogP) is 1.81. The van der Waals surface area contributed by atoms with Gasteiger partial charge in [0, 0.05) is 19.3 Å². The average Bonchev–Trinajstić information content (AvgIpc) is 2.96. The molecule has 2 aromatic heterocycles. The molecule has 23 heavy (non-hydrogen) atoms. The molecule has 3 rings (SSSR count). The summed E-state index contributed by atoms with van der Waals surface area (Å²) in [5.74, 6) is 0.707. The van der Waals surface area contributed by atoms with E-state index in [1.54, 1.807) is 6.07 Å². The van der Waals surface area contributed by atoms with Gasteiger partial charge in [-0.05, 0) is 37.3 Å². The number of aromatic nitrogens is 3. The molecule has 1 aliphatic rings. The minimum atomic E-state index is -3.27. The fourth-order valence-electron chi connectivity index (χ4n) is 3.05. The molecule has 1 saturated heterocycles. The highest BCUT2D eigenvalue weighted by atomic mass is 32.2. The summed E-state index contributed by atoms with van der Waals surface area (Å²) in [7, 11) is -3.27. The van der Waals surface area contributed by atoms with E-state index in [4.69, 9.17) is 0 Å². The highest BCUT2D eigenvalue weighted by Crippen LogP contribution is 2.25. The summed E-state index contributed by atoms with van der Waals surface area (Å²) >= 11 is 0. The minimum Gasteiger partial charge on any atom is -0.356 e. The molecule has 0 aliphatic carbocycles. The van der Waals surface area contributed by atoms with Gasteiger partial charge in [0.15, 0.2) is 9.84 Å². The predicted molar refractivity (Wildman–Crippen MR) is 84.5 cm³/mol. The second kappa shape index (κ2) is 6.27. The van der Waals surface area contributed by atoms with Crippen LogP contribution < -0.4 is 4.90 Å². The number of piperidine rings is 1. The van der Waals surface area contributed by atoms with Gasteiger partial charge < -0.3 is 4.90 Å². The van der Waals surface area contributed by atoms with Crippen molar-refractivity contribution >= 4 is 15.7 Å². The summed E-state index contributed by atoms with van der Waals surface area (Å²) in [5, 5.41) is 6.68. The van der Waals surface area contributed by atoms with Gasteiger partial charge >= 0.3 is 0 Å². The first-order chi connectivity index (χ1) is 10.9. The van der Waals surface area contributed by atoms with Crippen molar-refractivity contribution in [1.82, 2.24) is 15.2 Å². The molecule has 0 saturated carbocycles. The SMILES string of the molecule is CS(=O)(=O)c1cn[nH]c1C[C@H]1CCCN(c2ccc(F)cn2)C1. The Labute approximate surface area is 134 Å². The molecular formula is C15H19FN4O2S. The van der Waals surface area contributed by atoms with E-state index in [0.717, 1.165) is 31.7 Å². The Morgan fingerprint density at radius 1 is 1.39 bits per heavy atom. The van der Waals surface area contributed by atoms with E-state index < -0.39 is 9.84 Å². The third-order valence-electron chi connectivity index (χ3n) is 4.13. The molecular weight excluding hydrogens is 319 g/mol. The summed E-state index contributed by atoms with van der Waals surface area (Å²) in [6.07, 6.45) is 6.41. The second-order valence-electron chi connectivity index (χ2n) is 5.98. The Morgan fingerprint density at radius 2 is 2.22 bits per heavy atom. The van der Waals surface area contributed by atoms with Gasteiger partial charge in [-0.15, -0.1) is 0 Å². The van der Waals surface area contributed by atoms with Crippen LogP contribution in [0.4, 0.5) is 10.2 Å². The van der Waals surface area contributed by atoms with E-state index in [1.807, 2.05) is 0 Å². The number of sulfone groups is 1. The molecule has 6 nitrogen and oxygen atoms in total. The first-order valence-electron chi connectivity index (χ1n) is 7.52. The third kappa shape index (κ3) is 3.69. The molecule has 1 aliphatic heterocycles. The van der Waals surface area contributed by atoms with E-state index in [0.29, 0.717) is 18.0 Å². The van der Waals surface area contributed by atoms with Crippen molar-refractivity contribution in [3.05, 3.63) is 36.0 Å². The Hall–Kier alpha value is -1.96. The fraction of sp³-hybridized carbons (Fsp3) is 0.467. The molecule has 1 fully saturated rings. The van der Waals surface area contributed by atoms with E-state index in [9.17, 15) is 12.8 Å². The van der Waals surface area contributed by atoms with Crippen LogP contribution in [0, 0.1) is 11.7 Å². The molecule has 0 amide bonds. The van der Waals surface area contributed by atoms with Crippen LogP contribution >= 0.6 is 0 Å². The molecule has 0 spiro atoms. The smallest absolute Gasteiger partial charge is 0.178 e. The molecule has 0 unspecified atom stereocenters. The number of pyridine rings is 1. The highest BCUT2D eigenvalue weighted by Gasteiger charge is 2.24. The maximum atomic E-state index is 13.0. The maximum absolute atomic E-state index is 13.0. The monoisotopic (exact) mass is 338 g/mol. The molecule has 8 heteroatoms. The number of aromatic amines is 1. The van der Waals surface area contributed by atoms with Crippen LogP contribution in [0.2, 0.25) is 0 Å². The van der Waals surface area contributed by atoms with Crippen LogP contribution in [-0.2, 0) is 16.3 Å². The first-order valence-corrected chi connectivity index (χ1v) is 9.41. The van der Waals surface area contributed by atoms with Gasteiger partial charge in [0.2, 0.25) is 0 Å². The van der Waals surface area contributed by atoms with Crippen molar-refractivity contribution in [3.8, 4) is 0 Å². The summed E-state index contributed by atoms with van der Waals surface area (Å²) in [4.78, 5) is 6.51. The van der Waals surface area contributed by atoms with E-state index in [-0.39, 0.29) is 10.7 Å². The van der Waals surface area contributed by atoms with Crippen molar-refractivity contribution in [2.45, 2.75) is 24.2 Å². The summed E-state index contributed by atoms with van der Waals surface area (Å²) in [6, 6.07) is 3.08. The fourth-order valence-corrected chi connectivity index (χ4v) is 3.87. The van der Waals surface area contributed by atoms with Crippen molar-refractivity contribution in [2.75, 3.05) is 24.2 Å². The van der Waals surface area contributed by atoms with Crippen molar-refractivity contribution in [1.29, 1.82) is 0 Å². The lowest BCUT2D eigenvalue weighted by Gasteiger charge is -2.33.